The zero-order valence-corrected chi connectivity index (χ0v) is 18.8. The SMILES string of the molecule is CCCn1c(C(=O)NCCN2CCOCC2)cc2cc(NC(=O)c3ccc(F)cc3)ccc21. The van der Waals surface area contributed by atoms with Crippen LogP contribution in [0.4, 0.5) is 10.1 Å². The van der Waals surface area contributed by atoms with E-state index in [1.165, 1.54) is 24.3 Å². The van der Waals surface area contributed by atoms with Crippen molar-refractivity contribution in [3.05, 3.63) is 65.6 Å². The van der Waals surface area contributed by atoms with E-state index in [9.17, 15) is 14.0 Å². The van der Waals surface area contributed by atoms with Crippen LogP contribution in [0, 0.1) is 5.82 Å². The number of halogens is 1. The Bertz CT molecular complexity index is 1120. The summed E-state index contributed by atoms with van der Waals surface area (Å²) in [4.78, 5) is 27.7. The summed E-state index contributed by atoms with van der Waals surface area (Å²) >= 11 is 0. The fourth-order valence-corrected chi connectivity index (χ4v) is 4.05. The van der Waals surface area contributed by atoms with Crippen molar-refractivity contribution in [3.63, 3.8) is 0 Å². The molecule has 0 unspecified atom stereocenters. The molecule has 0 aliphatic carbocycles. The van der Waals surface area contributed by atoms with E-state index >= 15 is 0 Å². The number of carbonyl (C=O) groups is 2. The van der Waals surface area contributed by atoms with E-state index in [1.54, 1.807) is 0 Å². The lowest BCUT2D eigenvalue weighted by atomic mass is 10.2. The molecular weight excluding hydrogens is 423 g/mol. The number of nitrogens with zero attached hydrogens (tertiary/aromatic N) is 2. The Hall–Kier alpha value is -3.23. The van der Waals surface area contributed by atoms with Gasteiger partial charge in [-0.3, -0.25) is 14.5 Å². The largest absolute Gasteiger partial charge is 0.379 e. The normalized spacial score (nSPS) is 14.4. The first-order chi connectivity index (χ1) is 16.0. The number of hydrogen-bond acceptors (Lipinski definition) is 4. The summed E-state index contributed by atoms with van der Waals surface area (Å²) in [5, 5.41) is 6.75. The molecule has 1 aliphatic rings. The minimum atomic E-state index is -0.388. The molecule has 2 aromatic carbocycles. The Morgan fingerprint density at radius 3 is 2.48 bits per heavy atom. The third-order valence-corrected chi connectivity index (χ3v) is 5.76. The molecule has 0 atom stereocenters. The van der Waals surface area contributed by atoms with Crippen LogP contribution in [-0.2, 0) is 11.3 Å². The summed E-state index contributed by atoms with van der Waals surface area (Å²) < 4.78 is 20.5. The van der Waals surface area contributed by atoms with Gasteiger partial charge in [0, 0.05) is 54.9 Å². The topological polar surface area (TPSA) is 75.6 Å². The molecular formula is C25H29FN4O3. The molecule has 0 saturated carbocycles. The van der Waals surface area contributed by atoms with Gasteiger partial charge < -0.3 is 19.9 Å². The van der Waals surface area contributed by atoms with Gasteiger partial charge in [0.2, 0.25) is 0 Å². The number of aryl methyl sites for hydroxylation is 1. The predicted molar refractivity (Wildman–Crippen MR) is 126 cm³/mol. The number of amides is 2. The molecule has 7 nitrogen and oxygen atoms in total. The lowest BCUT2D eigenvalue weighted by molar-refractivity contribution is 0.0383. The highest BCUT2D eigenvalue weighted by atomic mass is 19.1. The van der Waals surface area contributed by atoms with Crippen molar-refractivity contribution >= 4 is 28.4 Å². The first kappa shape index (κ1) is 22.9. The number of ether oxygens (including phenoxy) is 1. The summed E-state index contributed by atoms with van der Waals surface area (Å²) in [6.45, 7) is 7.41. The fraction of sp³-hybridized carbons (Fsp3) is 0.360. The quantitative estimate of drug-likeness (QED) is 0.549. The summed E-state index contributed by atoms with van der Waals surface area (Å²) in [5.41, 5.74) is 2.54. The fourth-order valence-electron chi connectivity index (χ4n) is 4.05. The van der Waals surface area contributed by atoms with Gasteiger partial charge in [0.1, 0.15) is 11.5 Å². The van der Waals surface area contributed by atoms with Crippen LogP contribution in [0.25, 0.3) is 10.9 Å². The highest BCUT2D eigenvalue weighted by molar-refractivity contribution is 6.05. The minimum Gasteiger partial charge on any atom is -0.379 e. The Morgan fingerprint density at radius 1 is 1.00 bits per heavy atom. The molecule has 2 amide bonds. The summed E-state index contributed by atoms with van der Waals surface area (Å²) in [7, 11) is 0. The first-order valence-corrected chi connectivity index (χ1v) is 11.3. The van der Waals surface area contributed by atoms with Crippen LogP contribution in [0.3, 0.4) is 0 Å². The lowest BCUT2D eigenvalue weighted by Gasteiger charge is -2.26. The van der Waals surface area contributed by atoms with Gasteiger partial charge in [0.05, 0.1) is 13.2 Å². The van der Waals surface area contributed by atoms with Crippen molar-refractivity contribution in [1.82, 2.24) is 14.8 Å². The Morgan fingerprint density at radius 2 is 1.76 bits per heavy atom. The smallest absolute Gasteiger partial charge is 0.267 e. The average Bonchev–Trinajstić information content (AvgIpc) is 3.18. The molecule has 2 heterocycles. The van der Waals surface area contributed by atoms with Crippen LogP contribution >= 0.6 is 0 Å². The van der Waals surface area contributed by atoms with Gasteiger partial charge in [0.15, 0.2) is 0 Å². The van der Waals surface area contributed by atoms with E-state index in [0.29, 0.717) is 23.5 Å². The van der Waals surface area contributed by atoms with Gasteiger partial charge in [-0.2, -0.15) is 0 Å². The lowest BCUT2D eigenvalue weighted by Crippen LogP contribution is -2.41. The van der Waals surface area contributed by atoms with Gasteiger partial charge in [0.25, 0.3) is 11.8 Å². The molecule has 174 valence electrons. The molecule has 0 spiro atoms. The molecule has 1 aliphatic heterocycles. The van der Waals surface area contributed by atoms with E-state index in [0.717, 1.165) is 56.7 Å². The molecule has 0 radical (unpaired) electrons. The highest BCUT2D eigenvalue weighted by Crippen LogP contribution is 2.24. The minimum absolute atomic E-state index is 0.107. The van der Waals surface area contributed by atoms with E-state index in [2.05, 4.69) is 22.5 Å². The van der Waals surface area contributed by atoms with Crippen molar-refractivity contribution < 1.29 is 18.7 Å². The third-order valence-electron chi connectivity index (χ3n) is 5.76. The second-order valence-electron chi connectivity index (χ2n) is 8.13. The molecule has 3 aromatic rings. The number of hydrogen-bond donors (Lipinski definition) is 2. The molecule has 33 heavy (non-hydrogen) atoms. The Balaban J connectivity index is 1.48. The van der Waals surface area contributed by atoms with Crippen molar-refractivity contribution in [3.8, 4) is 0 Å². The van der Waals surface area contributed by atoms with Crippen molar-refractivity contribution in [2.75, 3.05) is 44.7 Å². The second-order valence-corrected chi connectivity index (χ2v) is 8.13. The number of aromatic nitrogens is 1. The van der Waals surface area contributed by atoms with E-state index in [-0.39, 0.29) is 17.6 Å². The molecule has 1 aromatic heterocycles. The second kappa shape index (κ2) is 10.6. The van der Waals surface area contributed by atoms with E-state index in [4.69, 9.17) is 4.74 Å². The summed E-state index contributed by atoms with van der Waals surface area (Å²) in [6, 6.07) is 12.8. The third kappa shape index (κ3) is 5.58. The monoisotopic (exact) mass is 452 g/mol. The van der Waals surface area contributed by atoms with Crippen molar-refractivity contribution in [1.29, 1.82) is 0 Å². The maximum Gasteiger partial charge on any atom is 0.267 e. The van der Waals surface area contributed by atoms with Crippen molar-refractivity contribution in [2.24, 2.45) is 0 Å². The molecule has 1 fully saturated rings. The van der Waals surface area contributed by atoms with Crippen LogP contribution < -0.4 is 10.6 Å². The van der Waals surface area contributed by atoms with Crippen LogP contribution in [-0.4, -0.2) is 60.7 Å². The van der Waals surface area contributed by atoms with Gasteiger partial charge in [-0.15, -0.1) is 0 Å². The standard InChI is InChI=1S/C25H29FN4O3/c1-2-10-30-22-8-7-21(28-24(31)18-3-5-20(26)6-4-18)16-19(22)17-23(30)25(32)27-9-11-29-12-14-33-15-13-29/h3-8,16-17H,2,9-15H2,1H3,(H,27,32)(H,28,31). The van der Waals surface area contributed by atoms with Crippen LogP contribution in [0.1, 0.15) is 34.2 Å². The number of benzene rings is 2. The molecule has 0 bridgehead atoms. The van der Waals surface area contributed by atoms with Crippen LogP contribution in [0.2, 0.25) is 0 Å². The van der Waals surface area contributed by atoms with E-state index in [1.807, 2.05) is 28.8 Å². The number of rotatable bonds is 8. The molecule has 8 heteroatoms. The van der Waals surface area contributed by atoms with Gasteiger partial charge in [-0.1, -0.05) is 6.92 Å². The van der Waals surface area contributed by atoms with Gasteiger partial charge in [-0.25, -0.2) is 4.39 Å². The van der Waals surface area contributed by atoms with Crippen molar-refractivity contribution in [2.45, 2.75) is 19.9 Å². The summed E-state index contributed by atoms with van der Waals surface area (Å²) in [6.07, 6.45) is 0.890. The first-order valence-electron chi connectivity index (χ1n) is 11.3. The van der Waals surface area contributed by atoms with Gasteiger partial charge in [-0.05, 0) is 55.0 Å². The maximum atomic E-state index is 13.1. The number of anilines is 1. The van der Waals surface area contributed by atoms with E-state index < -0.39 is 0 Å². The highest BCUT2D eigenvalue weighted by Gasteiger charge is 2.17. The summed E-state index contributed by atoms with van der Waals surface area (Å²) in [5.74, 6) is -0.811. The Labute approximate surface area is 192 Å². The predicted octanol–water partition coefficient (Wildman–Crippen LogP) is 3.50. The van der Waals surface area contributed by atoms with Gasteiger partial charge >= 0.3 is 0 Å². The number of nitrogens with one attached hydrogen (secondary N) is 2. The number of fused-ring (bicyclic) bond motifs is 1. The average molecular weight is 453 g/mol. The van der Waals surface area contributed by atoms with Crippen LogP contribution in [0.5, 0.6) is 0 Å². The number of morpholine rings is 1. The molecule has 1 saturated heterocycles. The molecule has 4 rings (SSSR count). The zero-order chi connectivity index (χ0) is 23.2. The number of carbonyl (C=O) groups excluding carboxylic acids is 2. The Kier molecular flexibility index (Phi) is 7.36. The zero-order valence-electron chi connectivity index (χ0n) is 18.8. The van der Waals surface area contributed by atoms with Crippen LogP contribution in [0.15, 0.2) is 48.5 Å². The molecule has 2 N–H and O–H groups in total. The maximum absolute atomic E-state index is 13.1.